The van der Waals surface area contributed by atoms with E-state index in [1.807, 2.05) is 0 Å². The number of quaternary nitrogens is 1. The van der Waals surface area contributed by atoms with Crippen LogP contribution in [-0.4, -0.2) is 17.1 Å². The summed E-state index contributed by atoms with van der Waals surface area (Å²) in [6.07, 6.45) is 2.46. The molecule has 0 radical (unpaired) electrons. The van der Waals surface area contributed by atoms with E-state index in [2.05, 4.69) is 0 Å². The second kappa shape index (κ2) is 6.28. The first-order valence-corrected chi connectivity index (χ1v) is 8.23. The largest absolute Gasteiger partial charge is 0.544 e. The second-order valence-electron chi connectivity index (χ2n) is 6.67. The van der Waals surface area contributed by atoms with Crippen LogP contribution in [0.3, 0.4) is 0 Å². The summed E-state index contributed by atoms with van der Waals surface area (Å²) in [4.78, 5) is 23.4. The molecule has 128 valence electrons. The normalized spacial score (nSPS) is 15.0. The van der Waals surface area contributed by atoms with Crippen LogP contribution in [0.15, 0.2) is 21.3 Å². The minimum absolute atomic E-state index is 0.000649. The summed E-state index contributed by atoms with van der Waals surface area (Å²) >= 11 is 0. The fourth-order valence-corrected chi connectivity index (χ4v) is 3.47. The van der Waals surface area contributed by atoms with E-state index in [0.29, 0.717) is 11.1 Å². The maximum Gasteiger partial charge on any atom is 0.339 e. The molecule has 0 spiro atoms. The Labute approximate surface area is 139 Å². The topological polar surface area (TPSA) is 107 Å². The predicted octanol–water partition coefficient (Wildman–Crippen LogP) is -0.175. The van der Waals surface area contributed by atoms with Gasteiger partial charge in [0, 0.05) is 16.9 Å². The van der Waals surface area contributed by atoms with Gasteiger partial charge in [-0.1, -0.05) is 13.8 Å². The molecule has 0 saturated heterocycles. The van der Waals surface area contributed by atoms with E-state index in [1.165, 1.54) is 0 Å². The van der Waals surface area contributed by atoms with Gasteiger partial charge < -0.3 is 24.7 Å². The van der Waals surface area contributed by atoms with Crippen molar-refractivity contribution in [3.8, 4) is 5.75 Å². The van der Waals surface area contributed by atoms with Crippen molar-refractivity contribution in [2.75, 3.05) is 0 Å². The highest BCUT2D eigenvalue weighted by molar-refractivity contribution is 5.86. The lowest BCUT2D eigenvalue weighted by molar-refractivity contribution is -0.703. The maximum atomic E-state index is 12.2. The van der Waals surface area contributed by atoms with Gasteiger partial charge in [0.05, 0.1) is 11.5 Å². The Kier molecular flexibility index (Phi) is 4.32. The number of carboxylic acid groups (broad SMARTS) is 1. The standard InChI is InChI=1S/C18H21NO5/c1-9(2)15(17(21)22)19-8-13-14(20)7-6-11-10-4-3-5-12(10)18(23)24-16(11)13/h6-7,9,15,19-20H,3-5,8H2,1-2H3,(H,21,22)/t15-/m0/s1. The van der Waals surface area contributed by atoms with Gasteiger partial charge >= 0.3 is 5.63 Å². The van der Waals surface area contributed by atoms with E-state index in [0.717, 1.165) is 35.8 Å². The molecule has 1 aliphatic rings. The number of rotatable bonds is 5. The lowest BCUT2D eigenvalue weighted by Crippen LogP contribution is -2.93. The van der Waals surface area contributed by atoms with E-state index < -0.39 is 12.0 Å². The van der Waals surface area contributed by atoms with Crippen molar-refractivity contribution in [2.24, 2.45) is 5.92 Å². The van der Waals surface area contributed by atoms with Crippen LogP contribution < -0.4 is 16.0 Å². The van der Waals surface area contributed by atoms with Gasteiger partial charge in [-0.25, -0.2) is 4.79 Å². The molecule has 1 atom stereocenters. The van der Waals surface area contributed by atoms with Crippen molar-refractivity contribution in [3.63, 3.8) is 0 Å². The van der Waals surface area contributed by atoms with Crippen LogP contribution in [-0.2, 0) is 24.2 Å². The number of aromatic hydroxyl groups is 1. The Bertz CT molecular complexity index is 853. The summed E-state index contributed by atoms with van der Waals surface area (Å²) in [6, 6.07) is 2.61. The van der Waals surface area contributed by atoms with Gasteiger partial charge in [-0.15, -0.1) is 0 Å². The first-order chi connectivity index (χ1) is 11.4. The van der Waals surface area contributed by atoms with Gasteiger partial charge in [0.2, 0.25) is 0 Å². The molecule has 0 amide bonds. The van der Waals surface area contributed by atoms with E-state index in [4.69, 9.17) is 4.42 Å². The molecule has 3 N–H and O–H groups in total. The molecule has 1 heterocycles. The van der Waals surface area contributed by atoms with Crippen LogP contribution in [0.2, 0.25) is 0 Å². The SMILES string of the molecule is CC(C)[C@H]([NH2+]Cc1c(O)ccc2c3c(c(=O)oc12)CCC3)C(=O)[O-]. The molecule has 1 aromatic carbocycles. The van der Waals surface area contributed by atoms with E-state index in [-0.39, 0.29) is 23.8 Å². The number of phenols is 1. The third kappa shape index (κ3) is 2.78. The predicted molar refractivity (Wildman–Crippen MR) is 85.4 cm³/mol. The Morgan fingerprint density at radius 3 is 2.71 bits per heavy atom. The fourth-order valence-electron chi connectivity index (χ4n) is 3.47. The molecule has 24 heavy (non-hydrogen) atoms. The summed E-state index contributed by atoms with van der Waals surface area (Å²) in [5.74, 6) is -1.27. The monoisotopic (exact) mass is 331 g/mol. The van der Waals surface area contributed by atoms with Crippen molar-refractivity contribution in [1.29, 1.82) is 0 Å². The summed E-state index contributed by atoms with van der Waals surface area (Å²) in [7, 11) is 0. The quantitative estimate of drug-likeness (QED) is 0.740. The van der Waals surface area contributed by atoms with Gasteiger partial charge in [0.25, 0.3) is 0 Å². The van der Waals surface area contributed by atoms with Crippen LogP contribution in [0.4, 0.5) is 0 Å². The number of benzene rings is 1. The zero-order valence-electron chi connectivity index (χ0n) is 13.8. The van der Waals surface area contributed by atoms with Crippen LogP contribution in [0.1, 0.15) is 37.0 Å². The fraction of sp³-hybridized carbons (Fsp3) is 0.444. The maximum absolute atomic E-state index is 12.2. The molecule has 6 nitrogen and oxygen atoms in total. The Morgan fingerprint density at radius 1 is 1.33 bits per heavy atom. The summed E-state index contributed by atoms with van der Waals surface area (Å²) < 4.78 is 5.47. The summed E-state index contributed by atoms with van der Waals surface area (Å²) in [5, 5.41) is 23.9. The first kappa shape index (κ1) is 16.5. The number of aliphatic carboxylic acids is 1. The highest BCUT2D eigenvalue weighted by atomic mass is 16.4. The van der Waals surface area contributed by atoms with Crippen LogP contribution in [0.5, 0.6) is 5.75 Å². The molecular weight excluding hydrogens is 310 g/mol. The highest BCUT2D eigenvalue weighted by Gasteiger charge is 2.24. The van der Waals surface area contributed by atoms with E-state index in [9.17, 15) is 19.8 Å². The Morgan fingerprint density at radius 2 is 2.04 bits per heavy atom. The van der Waals surface area contributed by atoms with Crippen molar-refractivity contribution in [1.82, 2.24) is 0 Å². The smallest absolute Gasteiger partial charge is 0.339 e. The highest BCUT2D eigenvalue weighted by Crippen LogP contribution is 2.32. The van der Waals surface area contributed by atoms with Crippen LogP contribution in [0.25, 0.3) is 11.0 Å². The van der Waals surface area contributed by atoms with E-state index >= 15 is 0 Å². The summed E-state index contributed by atoms with van der Waals surface area (Å²) in [6.45, 7) is 3.79. The summed E-state index contributed by atoms with van der Waals surface area (Å²) in [5.41, 5.74) is 2.16. The van der Waals surface area contributed by atoms with Gasteiger partial charge in [0.1, 0.15) is 18.3 Å². The average molecular weight is 331 g/mol. The molecule has 0 fully saturated rings. The molecule has 0 bridgehead atoms. The molecule has 0 unspecified atom stereocenters. The van der Waals surface area contributed by atoms with Crippen molar-refractivity contribution in [2.45, 2.75) is 45.7 Å². The number of phenolic OH excluding ortho intramolecular Hbond substituents is 1. The Balaban J connectivity index is 2.05. The number of hydrogen-bond donors (Lipinski definition) is 2. The number of nitrogens with two attached hydrogens (primary N) is 1. The van der Waals surface area contributed by atoms with Crippen molar-refractivity contribution < 1.29 is 24.7 Å². The van der Waals surface area contributed by atoms with Gasteiger partial charge in [-0.05, 0) is 37.0 Å². The van der Waals surface area contributed by atoms with E-state index in [1.54, 1.807) is 31.3 Å². The Hall–Kier alpha value is -2.34. The molecule has 0 saturated carbocycles. The number of carbonyl (C=O) groups is 1. The van der Waals surface area contributed by atoms with Crippen LogP contribution in [0, 0.1) is 5.92 Å². The molecular formula is C18H21NO5. The van der Waals surface area contributed by atoms with Crippen molar-refractivity contribution >= 4 is 16.9 Å². The lowest BCUT2D eigenvalue weighted by Gasteiger charge is -2.20. The minimum atomic E-state index is -1.15. The van der Waals surface area contributed by atoms with Crippen molar-refractivity contribution in [3.05, 3.63) is 39.2 Å². The first-order valence-electron chi connectivity index (χ1n) is 8.23. The number of carbonyl (C=O) groups excluding carboxylic acids is 1. The second-order valence-corrected chi connectivity index (χ2v) is 6.67. The number of aryl methyl sites for hydroxylation is 1. The minimum Gasteiger partial charge on any atom is -0.544 e. The molecule has 6 heteroatoms. The third-order valence-corrected chi connectivity index (χ3v) is 4.79. The third-order valence-electron chi connectivity index (χ3n) is 4.79. The average Bonchev–Trinajstić information content (AvgIpc) is 2.99. The molecule has 1 aromatic heterocycles. The van der Waals surface area contributed by atoms with Crippen LogP contribution >= 0.6 is 0 Å². The molecule has 3 rings (SSSR count). The zero-order chi connectivity index (χ0) is 17.4. The number of hydrogen-bond acceptors (Lipinski definition) is 5. The molecule has 2 aromatic rings. The lowest BCUT2D eigenvalue weighted by atomic mass is 10.0. The zero-order valence-corrected chi connectivity index (χ0v) is 13.8. The molecule has 0 aliphatic heterocycles. The number of fused-ring (bicyclic) bond motifs is 3. The van der Waals surface area contributed by atoms with Gasteiger partial charge in [0.15, 0.2) is 5.58 Å². The number of carboxylic acids is 1. The molecule has 1 aliphatic carbocycles. The van der Waals surface area contributed by atoms with Gasteiger partial charge in [-0.2, -0.15) is 0 Å². The van der Waals surface area contributed by atoms with Gasteiger partial charge in [-0.3, -0.25) is 0 Å².